The molecular weight excluding hydrogens is 375 g/mol. The zero-order valence-corrected chi connectivity index (χ0v) is 16.9. The summed E-state index contributed by atoms with van der Waals surface area (Å²) in [5.74, 6) is -1.14. The Bertz CT molecular complexity index is 674. The topological polar surface area (TPSA) is 59.1 Å². The Morgan fingerprint density at radius 2 is 1.81 bits per heavy atom. The normalized spacial score (nSPS) is 15.6. The van der Waals surface area contributed by atoms with E-state index in [1.807, 2.05) is 25.7 Å². The van der Waals surface area contributed by atoms with E-state index in [1.54, 1.807) is 11.8 Å². The van der Waals surface area contributed by atoms with Gasteiger partial charge in [0.05, 0.1) is 12.2 Å². The van der Waals surface area contributed by atoms with Crippen LogP contribution >= 0.6 is 11.6 Å². The summed E-state index contributed by atoms with van der Waals surface area (Å²) in [6.45, 7) is 9.82. The highest BCUT2D eigenvalue weighted by Gasteiger charge is 2.26. The molecule has 6 nitrogen and oxygen atoms in total. The highest BCUT2D eigenvalue weighted by atomic mass is 35.5. The van der Waals surface area contributed by atoms with Gasteiger partial charge in [-0.1, -0.05) is 11.6 Å². The van der Waals surface area contributed by atoms with Crippen LogP contribution in [0.4, 0.5) is 9.18 Å². The molecule has 0 aliphatic carbocycles. The molecule has 1 aromatic carbocycles. The van der Waals surface area contributed by atoms with E-state index in [9.17, 15) is 14.0 Å². The molecule has 0 N–H and O–H groups in total. The van der Waals surface area contributed by atoms with Crippen molar-refractivity contribution in [1.82, 2.24) is 9.80 Å². The molecule has 8 heteroatoms. The minimum atomic E-state index is -0.601. The first-order valence-corrected chi connectivity index (χ1v) is 9.34. The first-order valence-electron chi connectivity index (χ1n) is 8.96. The number of nitrogens with zero attached hydrogens (tertiary/aromatic N) is 2. The molecule has 0 bridgehead atoms. The minimum Gasteiger partial charge on any atom is -0.462 e. The molecule has 1 amide bonds. The quantitative estimate of drug-likeness (QED) is 0.721. The van der Waals surface area contributed by atoms with Crippen LogP contribution in [0.3, 0.4) is 0 Å². The van der Waals surface area contributed by atoms with Gasteiger partial charge in [-0.3, -0.25) is 4.90 Å². The molecule has 1 saturated heterocycles. The van der Waals surface area contributed by atoms with Crippen molar-refractivity contribution in [2.45, 2.75) is 39.8 Å². The van der Waals surface area contributed by atoms with E-state index >= 15 is 0 Å². The van der Waals surface area contributed by atoms with Gasteiger partial charge >= 0.3 is 12.1 Å². The highest BCUT2D eigenvalue weighted by molar-refractivity contribution is 6.31. The second kappa shape index (κ2) is 8.89. The fourth-order valence-corrected chi connectivity index (χ4v) is 2.99. The first-order chi connectivity index (χ1) is 12.6. The van der Waals surface area contributed by atoms with Crippen molar-refractivity contribution in [3.05, 3.63) is 34.1 Å². The average Bonchev–Trinajstić information content (AvgIpc) is 2.57. The maximum absolute atomic E-state index is 14.5. The Labute approximate surface area is 164 Å². The van der Waals surface area contributed by atoms with Crippen molar-refractivity contribution in [2.24, 2.45) is 0 Å². The molecule has 150 valence electrons. The first kappa shape index (κ1) is 21.4. The van der Waals surface area contributed by atoms with Gasteiger partial charge in [0.1, 0.15) is 11.4 Å². The van der Waals surface area contributed by atoms with Gasteiger partial charge in [0, 0.05) is 43.3 Å². The highest BCUT2D eigenvalue weighted by Crippen LogP contribution is 2.24. The van der Waals surface area contributed by atoms with E-state index in [0.29, 0.717) is 38.3 Å². The molecule has 0 atom stereocenters. The van der Waals surface area contributed by atoms with Crippen LogP contribution in [0.1, 0.15) is 43.6 Å². The molecule has 2 rings (SSSR count). The third-order valence-electron chi connectivity index (χ3n) is 4.06. The van der Waals surface area contributed by atoms with Crippen molar-refractivity contribution < 1.29 is 23.5 Å². The van der Waals surface area contributed by atoms with E-state index in [1.165, 1.54) is 6.07 Å². The van der Waals surface area contributed by atoms with E-state index in [0.717, 1.165) is 6.07 Å². The zero-order valence-electron chi connectivity index (χ0n) is 16.2. The number of piperazine rings is 1. The molecule has 1 aromatic rings. The number of halogens is 2. The minimum absolute atomic E-state index is 0.0952. The molecule has 1 fully saturated rings. The van der Waals surface area contributed by atoms with Gasteiger partial charge in [-0.05, 0) is 39.8 Å². The van der Waals surface area contributed by atoms with Crippen LogP contribution in [0, 0.1) is 5.82 Å². The Morgan fingerprint density at radius 3 is 2.33 bits per heavy atom. The number of hydrogen-bond donors (Lipinski definition) is 0. The van der Waals surface area contributed by atoms with Crippen molar-refractivity contribution >= 4 is 23.7 Å². The number of benzene rings is 1. The molecule has 1 heterocycles. The molecule has 0 radical (unpaired) electrons. The molecule has 0 unspecified atom stereocenters. The summed E-state index contributed by atoms with van der Waals surface area (Å²) in [5.41, 5.74) is -0.112. The summed E-state index contributed by atoms with van der Waals surface area (Å²) >= 11 is 6.19. The summed E-state index contributed by atoms with van der Waals surface area (Å²) in [6, 6.07) is 2.57. The third-order valence-corrected chi connectivity index (χ3v) is 4.40. The number of hydrogen-bond acceptors (Lipinski definition) is 5. The number of esters is 1. The number of carbonyl (C=O) groups excluding carboxylic acids is 2. The van der Waals surface area contributed by atoms with Gasteiger partial charge < -0.3 is 14.4 Å². The average molecular weight is 401 g/mol. The largest absolute Gasteiger partial charge is 0.462 e. The van der Waals surface area contributed by atoms with E-state index in [4.69, 9.17) is 21.1 Å². The summed E-state index contributed by atoms with van der Waals surface area (Å²) in [7, 11) is 0. The van der Waals surface area contributed by atoms with Gasteiger partial charge in [0.15, 0.2) is 0 Å². The molecule has 1 aliphatic rings. The van der Waals surface area contributed by atoms with Gasteiger partial charge in [0.2, 0.25) is 0 Å². The van der Waals surface area contributed by atoms with E-state index in [2.05, 4.69) is 0 Å². The lowest BCUT2D eigenvalue weighted by Gasteiger charge is -2.35. The van der Waals surface area contributed by atoms with Crippen molar-refractivity contribution in [3.63, 3.8) is 0 Å². The summed E-state index contributed by atoms with van der Waals surface area (Å²) in [5, 5.41) is 0.188. The van der Waals surface area contributed by atoms with Gasteiger partial charge in [-0.2, -0.15) is 0 Å². The Kier molecular flexibility index (Phi) is 7.06. The van der Waals surface area contributed by atoms with Crippen LogP contribution in [0.15, 0.2) is 12.1 Å². The van der Waals surface area contributed by atoms with Crippen LogP contribution in [0.5, 0.6) is 0 Å². The van der Waals surface area contributed by atoms with Crippen LogP contribution in [0.2, 0.25) is 5.02 Å². The fraction of sp³-hybridized carbons (Fsp3) is 0.579. The Morgan fingerprint density at radius 1 is 1.19 bits per heavy atom. The lowest BCUT2D eigenvalue weighted by atomic mass is 10.1. The van der Waals surface area contributed by atoms with Gasteiger partial charge in [-0.25, -0.2) is 14.0 Å². The van der Waals surface area contributed by atoms with E-state index < -0.39 is 17.4 Å². The smallest absolute Gasteiger partial charge is 0.410 e. The van der Waals surface area contributed by atoms with Gasteiger partial charge in [0.25, 0.3) is 0 Å². The maximum Gasteiger partial charge on any atom is 0.410 e. The molecule has 1 aliphatic heterocycles. The zero-order chi connectivity index (χ0) is 20.2. The Balaban J connectivity index is 1.97. The van der Waals surface area contributed by atoms with Gasteiger partial charge in [-0.15, -0.1) is 0 Å². The van der Waals surface area contributed by atoms with Crippen LogP contribution < -0.4 is 0 Å². The van der Waals surface area contributed by atoms with Crippen LogP contribution in [0.25, 0.3) is 0 Å². The second-order valence-corrected chi connectivity index (χ2v) is 7.79. The predicted molar refractivity (Wildman–Crippen MR) is 100 cm³/mol. The van der Waals surface area contributed by atoms with Crippen molar-refractivity contribution in [3.8, 4) is 0 Å². The van der Waals surface area contributed by atoms with Crippen molar-refractivity contribution in [1.29, 1.82) is 0 Å². The monoisotopic (exact) mass is 400 g/mol. The lowest BCUT2D eigenvalue weighted by molar-refractivity contribution is 0.0138. The Hall–Kier alpha value is -1.86. The standard InChI is InChI=1S/C19H26ClFN2O4/c1-5-26-17(24)13-10-15(20)14(16(21)11-13)12-22-6-8-23(9-7-22)18(25)27-19(2,3)4/h10-11H,5-9,12H2,1-4H3. The van der Waals surface area contributed by atoms with E-state index in [-0.39, 0.29) is 23.3 Å². The predicted octanol–water partition coefficient (Wildman–Crippen LogP) is 3.71. The maximum atomic E-state index is 14.5. The van der Waals surface area contributed by atoms with Crippen LogP contribution in [-0.4, -0.2) is 60.2 Å². The summed E-state index contributed by atoms with van der Waals surface area (Å²) in [4.78, 5) is 27.5. The number of carbonyl (C=O) groups is 2. The molecular formula is C19H26ClFN2O4. The fourth-order valence-electron chi connectivity index (χ4n) is 2.72. The third kappa shape index (κ3) is 6.07. The molecule has 0 spiro atoms. The second-order valence-electron chi connectivity index (χ2n) is 7.38. The SMILES string of the molecule is CCOC(=O)c1cc(F)c(CN2CCN(C(=O)OC(C)(C)C)CC2)c(Cl)c1. The molecule has 27 heavy (non-hydrogen) atoms. The molecule has 0 aromatic heterocycles. The summed E-state index contributed by atoms with van der Waals surface area (Å²) in [6.07, 6.45) is -0.342. The summed E-state index contributed by atoms with van der Waals surface area (Å²) < 4.78 is 24.7. The molecule has 0 saturated carbocycles. The van der Waals surface area contributed by atoms with Crippen LogP contribution in [-0.2, 0) is 16.0 Å². The number of rotatable bonds is 4. The van der Waals surface area contributed by atoms with Crippen molar-refractivity contribution in [2.75, 3.05) is 32.8 Å². The number of amides is 1. The lowest BCUT2D eigenvalue weighted by Crippen LogP contribution is -2.49. The number of ether oxygens (including phenoxy) is 2.